The van der Waals surface area contributed by atoms with Crippen molar-refractivity contribution in [2.24, 2.45) is 0 Å². The minimum atomic E-state index is -0.300. The average molecular weight is 387 g/mol. The maximum absolute atomic E-state index is 13.4. The van der Waals surface area contributed by atoms with Gasteiger partial charge in [0.1, 0.15) is 17.6 Å². The van der Waals surface area contributed by atoms with Crippen LogP contribution in [-0.2, 0) is 6.42 Å². The van der Waals surface area contributed by atoms with Crippen LogP contribution >= 0.6 is 0 Å². The topological polar surface area (TPSA) is 71.4 Å². The molecule has 2 aromatic heterocycles. The number of ether oxygens (including phenoxy) is 1. The van der Waals surface area contributed by atoms with Gasteiger partial charge in [0.15, 0.2) is 12.1 Å². The van der Waals surface area contributed by atoms with E-state index in [1.54, 1.807) is 14.0 Å². The first kappa shape index (κ1) is 17.6. The van der Waals surface area contributed by atoms with Gasteiger partial charge in [-0.15, -0.1) is 0 Å². The summed E-state index contributed by atoms with van der Waals surface area (Å²) in [6.07, 6.45) is 2.09. The third-order valence-electron chi connectivity index (χ3n) is 5.68. The van der Waals surface area contributed by atoms with Crippen molar-refractivity contribution in [3.8, 4) is 5.75 Å². The van der Waals surface area contributed by atoms with Gasteiger partial charge in [0, 0.05) is 28.7 Å². The van der Waals surface area contributed by atoms with Gasteiger partial charge in [-0.1, -0.05) is 36.4 Å². The van der Waals surface area contributed by atoms with Crippen LogP contribution in [0, 0.1) is 6.92 Å². The van der Waals surface area contributed by atoms with E-state index in [1.807, 2.05) is 41.3 Å². The summed E-state index contributed by atoms with van der Waals surface area (Å²) >= 11 is 0. The maximum Gasteiger partial charge on any atom is 0.276 e. The van der Waals surface area contributed by atoms with Crippen LogP contribution < -0.4 is 4.74 Å². The number of fused-ring (bicyclic) bond motifs is 3. The van der Waals surface area contributed by atoms with Crippen molar-refractivity contribution < 1.29 is 13.9 Å². The zero-order valence-corrected chi connectivity index (χ0v) is 16.3. The van der Waals surface area contributed by atoms with Crippen LogP contribution in [0.4, 0.5) is 0 Å². The average Bonchev–Trinajstić information content (AvgIpc) is 3.35. The number of aromatic nitrogens is 2. The summed E-state index contributed by atoms with van der Waals surface area (Å²) < 4.78 is 10.9. The Morgan fingerprint density at radius 1 is 1.21 bits per heavy atom. The summed E-state index contributed by atoms with van der Waals surface area (Å²) in [5, 5.41) is 1.20. The van der Waals surface area contributed by atoms with Crippen LogP contribution in [0.15, 0.2) is 59.3 Å². The number of benzene rings is 2. The van der Waals surface area contributed by atoms with Crippen molar-refractivity contribution in [1.82, 2.24) is 14.9 Å². The van der Waals surface area contributed by atoms with E-state index in [1.165, 1.54) is 17.3 Å². The molecule has 1 aliphatic heterocycles. The quantitative estimate of drug-likeness (QED) is 0.570. The molecular formula is C23H21N3O3. The first-order chi connectivity index (χ1) is 14.2. The second-order valence-electron chi connectivity index (χ2n) is 7.21. The Labute approximate surface area is 168 Å². The summed E-state index contributed by atoms with van der Waals surface area (Å²) in [6.45, 7) is 2.35. The highest BCUT2D eigenvalue weighted by Gasteiger charge is 2.37. The van der Waals surface area contributed by atoms with E-state index in [2.05, 4.69) is 22.1 Å². The normalized spacial score (nSPS) is 16.1. The second kappa shape index (κ2) is 6.81. The summed E-state index contributed by atoms with van der Waals surface area (Å²) in [6, 6.07) is 15.8. The van der Waals surface area contributed by atoms with Crippen LogP contribution in [0.5, 0.6) is 5.75 Å². The van der Waals surface area contributed by atoms with E-state index in [-0.39, 0.29) is 11.9 Å². The van der Waals surface area contributed by atoms with Gasteiger partial charge in [-0.2, -0.15) is 0 Å². The number of amides is 1. The van der Waals surface area contributed by atoms with Crippen molar-refractivity contribution in [2.75, 3.05) is 13.7 Å². The van der Waals surface area contributed by atoms with Gasteiger partial charge in [0.05, 0.1) is 7.11 Å². The van der Waals surface area contributed by atoms with E-state index in [0.29, 0.717) is 18.0 Å². The number of oxazole rings is 1. The molecule has 3 heterocycles. The van der Waals surface area contributed by atoms with Gasteiger partial charge in [-0.25, -0.2) is 4.98 Å². The van der Waals surface area contributed by atoms with Crippen molar-refractivity contribution >= 4 is 16.8 Å². The third-order valence-corrected chi connectivity index (χ3v) is 5.68. The highest BCUT2D eigenvalue weighted by molar-refractivity contribution is 5.94. The number of rotatable bonds is 3. The number of hydrogen-bond acceptors (Lipinski definition) is 4. The molecule has 0 aliphatic carbocycles. The highest BCUT2D eigenvalue weighted by atomic mass is 16.5. The Morgan fingerprint density at radius 3 is 2.79 bits per heavy atom. The molecule has 29 heavy (non-hydrogen) atoms. The van der Waals surface area contributed by atoms with Crippen LogP contribution in [0.25, 0.3) is 10.9 Å². The van der Waals surface area contributed by atoms with Crippen molar-refractivity contribution in [1.29, 1.82) is 0 Å². The molecule has 146 valence electrons. The Bertz CT molecular complexity index is 1210. The van der Waals surface area contributed by atoms with Gasteiger partial charge in [-0.3, -0.25) is 4.79 Å². The largest absolute Gasteiger partial charge is 0.496 e. The monoisotopic (exact) mass is 387 g/mol. The molecule has 1 amide bonds. The Kier molecular flexibility index (Phi) is 4.12. The lowest BCUT2D eigenvalue weighted by atomic mass is 9.91. The lowest BCUT2D eigenvalue weighted by Gasteiger charge is -2.36. The highest BCUT2D eigenvalue weighted by Crippen LogP contribution is 2.41. The molecule has 4 aromatic rings. The predicted octanol–water partition coefficient (Wildman–Crippen LogP) is 4.26. The number of carbonyl (C=O) groups excluding carboxylic acids is 1. The number of aryl methyl sites for hydroxylation is 1. The minimum absolute atomic E-state index is 0.142. The summed E-state index contributed by atoms with van der Waals surface area (Å²) in [5.74, 6) is 1.13. The molecule has 0 radical (unpaired) electrons. The molecule has 2 aromatic carbocycles. The molecule has 0 saturated heterocycles. The first-order valence-corrected chi connectivity index (χ1v) is 9.62. The van der Waals surface area contributed by atoms with Crippen LogP contribution in [0.1, 0.15) is 39.1 Å². The molecule has 0 bridgehead atoms. The van der Waals surface area contributed by atoms with Crippen LogP contribution in [0.2, 0.25) is 0 Å². The fraction of sp³-hybridized carbons (Fsp3) is 0.217. The van der Waals surface area contributed by atoms with Gasteiger partial charge < -0.3 is 19.0 Å². The van der Waals surface area contributed by atoms with Crippen molar-refractivity contribution in [2.45, 2.75) is 19.4 Å². The third kappa shape index (κ3) is 2.71. The molecule has 6 nitrogen and oxygen atoms in total. The summed E-state index contributed by atoms with van der Waals surface area (Å²) in [7, 11) is 1.65. The van der Waals surface area contributed by atoms with E-state index >= 15 is 0 Å². The van der Waals surface area contributed by atoms with Gasteiger partial charge >= 0.3 is 0 Å². The fourth-order valence-corrected chi connectivity index (χ4v) is 4.32. The number of carbonyl (C=O) groups is 1. The molecule has 6 heteroatoms. The smallest absolute Gasteiger partial charge is 0.276 e. The Morgan fingerprint density at radius 2 is 2.00 bits per heavy atom. The number of nitrogens with one attached hydrogen (secondary N) is 1. The standard InChI is InChI=1S/C23H21N3O3/c1-14-20(24-13-29-14)23(27)26-12-11-16-15-7-3-5-9-18(15)25-21(16)22(26)17-8-4-6-10-19(17)28-2/h3-10,13,22,25H,11-12H2,1-2H3. The van der Waals surface area contributed by atoms with E-state index < -0.39 is 0 Å². The van der Waals surface area contributed by atoms with Crippen molar-refractivity contribution in [3.05, 3.63) is 83.2 Å². The van der Waals surface area contributed by atoms with E-state index in [4.69, 9.17) is 9.15 Å². The number of H-pyrrole nitrogens is 1. The number of aromatic amines is 1. The molecule has 1 atom stereocenters. The van der Waals surface area contributed by atoms with Gasteiger partial charge in [-0.05, 0) is 31.0 Å². The van der Waals surface area contributed by atoms with E-state index in [9.17, 15) is 4.79 Å². The number of nitrogens with zero attached hydrogens (tertiary/aromatic N) is 2. The predicted molar refractivity (Wildman–Crippen MR) is 109 cm³/mol. The lowest BCUT2D eigenvalue weighted by molar-refractivity contribution is 0.0683. The second-order valence-corrected chi connectivity index (χ2v) is 7.21. The molecule has 0 fully saturated rings. The maximum atomic E-state index is 13.4. The van der Waals surface area contributed by atoms with Gasteiger partial charge in [0.25, 0.3) is 5.91 Å². The Balaban J connectivity index is 1.72. The molecule has 1 unspecified atom stereocenters. The zero-order valence-electron chi connectivity index (χ0n) is 16.3. The first-order valence-electron chi connectivity index (χ1n) is 9.62. The number of methoxy groups -OCH3 is 1. The van der Waals surface area contributed by atoms with Crippen LogP contribution in [-0.4, -0.2) is 34.4 Å². The number of para-hydroxylation sites is 2. The molecule has 1 N–H and O–H groups in total. The molecule has 1 aliphatic rings. The summed E-state index contributed by atoms with van der Waals surface area (Å²) in [4.78, 5) is 23.0. The van der Waals surface area contributed by atoms with Crippen molar-refractivity contribution in [3.63, 3.8) is 0 Å². The Hall–Kier alpha value is -3.54. The molecular weight excluding hydrogens is 366 g/mol. The fourth-order valence-electron chi connectivity index (χ4n) is 4.32. The minimum Gasteiger partial charge on any atom is -0.496 e. The zero-order chi connectivity index (χ0) is 20.0. The molecule has 0 spiro atoms. The summed E-state index contributed by atoms with van der Waals surface area (Å²) in [5.41, 5.74) is 4.64. The SMILES string of the molecule is COc1ccccc1C1c2[nH]c3ccccc3c2CCN1C(=O)c1ncoc1C. The van der Waals surface area contributed by atoms with Gasteiger partial charge in [0.2, 0.25) is 0 Å². The number of hydrogen-bond donors (Lipinski definition) is 1. The molecule has 0 saturated carbocycles. The van der Waals surface area contributed by atoms with Crippen LogP contribution in [0.3, 0.4) is 0 Å². The lowest BCUT2D eigenvalue weighted by Crippen LogP contribution is -2.41. The van der Waals surface area contributed by atoms with E-state index in [0.717, 1.165) is 28.9 Å². The molecule has 5 rings (SSSR count).